The molecule has 2 N–H and O–H groups in total. The van der Waals surface area contributed by atoms with Gasteiger partial charge in [0.15, 0.2) is 0 Å². The van der Waals surface area contributed by atoms with Gasteiger partial charge in [-0.1, -0.05) is 42.5 Å². The molecule has 2 aromatic carbocycles. The molecule has 0 unspecified atom stereocenters. The summed E-state index contributed by atoms with van der Waals surface area (Å²) in [6, 6.07) is 18.4. The molecule has 1 heterocycles. The van der Waals surface area contributed by atoms with Crippen molar-refractivity contribution in [2.75, 3.05) is 5.73 Å². The van der Waals surface area contributed by atoms with Crippen LogP contribution in [0.25, 0.3) is 22.0 Å². The molecule has 0 radical (unpaired) electrons. The highest BCUT2D eigenvalue weighted by atomic mass is 14.8. The lowest BCUT2D eigenvalue weighted by Gasteiger charge is -2.10. The van der Waals surface area contributed by atoms with Crippen LogP contribution >= 0.6 is 0 Å². The predicted octanol–water partition coefficient (Wildman–Crippen LogP) is 3.79. The lowest BCUT2D eigenvalue weighted by Crippen LogP contribution is -1.93. The Bertz CT molecular complexity index is 717. The molecule has 2 nitrogen and oxygen atoms in total. The first-order chi connectivity index (χ1) is 8.75. The molecular formula is C16H14N2. The van der Waals surface area contributed by atoms with Gasteiger partial charge < -0.3 is 5.73 Å². The Hall–Kier alpha value is -2.35. The number of pyridine rings is 1. The van der Waals surface area contributed by atoms with Gasteiger partial charge in [-0.05, 0) is 35.4 Å². The Morgan fingerprint density at radius 3 is 2.56 bits per heavy atom. The number of benzene rings is 2. The molecule has 18 heavy (non-hydrogen) atoms. The standard InChI is InChI=1S/C16H14N2/c1-11-9-10-12-5-2-3-6-13(12)16(11)14-7-4-8-15(17)18-14/h2-10H,1H3,(H2,17,18). The number of hydrogen-bond donors (Lipinski definition) is 1. The lowest BCUT2D eigenvalue weighted by atomic mass is 9.97. The van der Waals surface area contributed by atoms with Crippen molar-refractivity contribution in [1.29, 1.82) is 0 Å². The van der Waals surface area contributed by atoms with Crippen LogP contribution in [0.15, 0.2) is 54.6 Å². The summed E-state index contributed by atoms with van der Waals surface area (Å²) in [6.07, 6.45) is 0. The fourth-order valence-electron chi connectivity index (χ4n) is 2.31. The van der Waals surface area contributed by atoms with E-state index < -0.39 is 0 Å². The average Bonchev–Trinajstić information content (AvgIpc) is 2.38. The van der Waals surface area contributed by atoms with Crippen LogP contribution in [0.5, 0.6) is 0 Å². The Balaban J connectivity index is 2.37. The molecule has 3 aromatic rings. The number of aromatic nitrogens is 1. The quantitative estimate of drug-likeness (QED) is 0.695. The molecule has 2 heteroatoms. The molecule has 1 aromatic heterocycles. The second-order valence-electron chi connectivity index (χ2n) is 4.43. The highest BCUT2D eigenvalue weighted by molar-refractivity contribution is 5.97. The van der Waals surface area contributed by atoms with Crippen molar-refractivity contribution in [3.05, 3.63) is 60.2 Å². The zero-order valence-corrected chi connectivity index (χ0v) is 10.2. The van der Waals surface area contributed by atoms with Crippen LogP contribution in [0.2, 0.25) is 0 Å². The molecule has 3 rings (SSSR count). The van der Waals surface area contributed by atoms with E-state index in [2.05, 4.69) is 42.2 Å². The number of hydrogen-bond acceptors (Lipinski definition) is 2. The first-order valence-electron chi connectivity index (χ1n) is 5.97. The molecule has 0 amide bonds. The van der Waals surface area contributed by atoms with Crippen molar-refractivity contribution in [2.24, 2.45) is 0 Å². The summed E-state index contributed by atoms with van der Waals surface area (Å²) in [7, 11) is 0. The molecule has 0 aliphatic heterocycles. The van der Waals surface area contributed by atoms with Crippen molar-refractivity contribution in [3.8, 4) is 11.3 Å². The SMILES string of the molecule is Cc1ccc2ccccc2c1-c1cccc(N)n1. The van der Waals surface area contributed by atoms with Crippen LogP contribution in [0.4, 0.5) is 5.82 Å². The van der Waals surface area contributed by atoms with E-state index in [1.807, 2.05) is 24.3 Å². The second-order valence-corrected chi connectivity index (χ2v) is 4.43. The molecular weight excluding hydrogens is 220 g/mol. The van der Waals surface area contributed by atoms with Crippen LogP contribution < -0.4 is 5.73 Å². The lowest BCUT2D eigenvalue weighted by molar-refractivity contribution is 1.32. The third-order valence-corrected chi connectivity index (χ3v) is 3.16. The largest absolute Gasteiger partial charge is 0.384 e. The zero-order chi connectivity index (χ0) is 12.5. The summed E-state index contributed by atoms with van der Waals surface area (Å²) in [5.74, 6) is 0.555. The van der Waals surface area contributed by atoms with Gasteiger partial charge in [0.2, 0.25) is 0 Å². The van der Waals surface area contributed by atoms with Gasteiger partial charge in [0.25, 0.3) is 0 Å². The number of fused-ring (bicyclic) bond motifs is 1. The summed E-state index contributed by atoms with van der Waals surface area (Å²) in [5.41, 5.74) is 9.10. The number of nitrogens with zero attached hydrogens (tertiary/aromatic N) is 1. The van der Waals surface area contributed by atoms with E-state index in [1.165, 1.54) is 21.9 Å². The van der Waals surface area contributed by atoms with E-state index in [1.54, 1.807) is 0 Å². The summed E-state index contributed by atoms with van der Waals surface area (Å²) in [5, 5.41) is 2.44. The Morgan fingerprint density at radius 1 is 0.889 bits per heavy atom. The Labute approximate surface area is 106 Å². The van der Waals surface area contributed by atoms with E-state index in [4.69, 9.17) is 5.73 Å². The Kier molecular flexibility index (Phi) is 2.49. The number of nitrogen functional groups attached to an aromatic ring is 1. The number of nitrogens with two attached hydrogens (primary N) is 1. The van der Waals surface area contributed by atoms with Gasteiger partial charge in [0, 0.05) is 5.56 Å². The van der Waals surface area contributed by atoms with Crippen LogP contribution in [0, 0.1) is 6.92 Å². The van der Waals surface area contributed by atoms with Gasteiger partial charge >= 0.3 is 0 Å². The van der Waals surface area contributed by atoms with E-state index in [-0.39, 0.29) is 0 Å². The maximum atomic E-state index is 5.78. The minimum Gasteiger partial charge on any atom is -0.384 e. The number of anilines is 1. The van der Waals surface area contributed by atoms with Crippen LogP contribution in [-0.4, -0.2) is 4.98 Å². The normalized spacial score (nSPS) is 10.7. The van der Waals surface area contributed by atoms with Crippen LogP contribution in [-0.2, 0) is 0 Å². The molecule has 0 saturated heterocycles. The highest BCUT2D eigenvalue weighted by Gasteiger charge is 2.08. The van der Waals surface area contributed by atoms with E-state index >= 15 is 0 Å². The number of rotatable bonds is 1. The van der Waals surface area contributed by atoms with E-state index in [0.717, 1.165) is 5.69 Å². The predicted molar refractivity (Wildman–Crippen MR) is 76.3 cm³/mol. The van der Waals surface area contributed by atoms with Crippen molar-refractivity contribution in [2.45, 2.75) is 6.92 Å². The smallest absolute Gasteiger partial charge is 0.124 e. The van der Waals surface area contributed by atoms with Gasteiger partial charge in [-0.2, -0.15) is 0 Å². The maximum absolute atomic E-state index is 5.78. The minimum atomic E-state index is 0.555. The van der Waals surface area contributed by atoms with Gasteiger partial charge in [0.05, 0.1) is 5.69 Å². The van der Waals surface area contributed by atoms with Crippen molar-refractivity contribution in [1.82, 2.24) is 4.98 Å². The second kappa shape index (κ2) is 4.15. The molecule has 0 bridgehead atoms. The molecule has 0 spiro atoms. The summed E-state index contributed by atoms with van der Waals surface area (Å²) in [4.78, 5) is 4.43. The first-order valence-corrected chi connectivity index (χ1v) is 5.97. The first kappa shape index (κ1) is 10.8. The molecule has 0 aliphatic carbocycles. The zero-order valence-electron chi connectivity index (χ0n) is 10.2. The topological polar surface area (TPSA) is 38.9 Å². The molecule has 0 saturated carbocycles. The highest BCUT2D eigenvalue weighted by Crippen LogP contribution is 2.30. The van der Waals surface area contributed by atoms with Crippen molar-refractivity contribution in [3.63, 3.8) is 0 Å². The maximum Gasteiger partial charge on any atom is 0.124 e. The van der Waals surface area contributed by atoms with Crippen LogP contribution in [0.3, 0.4) is 0 Å². The summed E-state index contributed by atoms with van der Waals surface area (Å²) in [6.45, 7) is 2.10. The van der Waals surface area contributed by atoms with Gasteiger partial charge in [-0.3, -0.25) is 0 Å². The number of aryl methyl sites for hydroxylation is 1. The third-order valence-electron chi connectivity index (χ3n) is 3.16. The monoisotopic (exact) mass is 234 g/mol. The van der Waals surface area contributed by atoms with Crippen molar-refractivity contribution < 1.29 is 0 Å². The van der Waals surface area contributed by atoms with Gasteiger partial charge in [0.1, 0.15) is 5.82 Å². The van der Waals surface area contributed by atoms with E-state index in [0.29, 0.717) is 5.82 Å². The molecule has 88 valence electrons. The fourth-order valence-corrected chi connectivity index (χ4v) is 2.31. The molecule has 0 atom stereocenters. The molecule has 0 fully saturated rings. The summed E-state index contributed by atoms with van der Waals surface area (Å²) < 4.78 is 0. The molecule has 0 aliphatic rings. The van der Waals surface area contributed by atoms with Gasteiger partial charge in [-0.15, -0.1) is 0 Å². The summed E-state index contributed by atoms with van der Waals surface area (Å²) >= 11 is 0. The van der Waals surface area contributed by atoms with Crippen molar-refractivity contribution >= 4 is 16.6 Å². The third kappa shape index (κ3) is 1.72. The van der Waals surface area contributed by atoms with Gasteiger partial charge in [-0.25, -0.2) is 4.98 Å². The fraction of sp³-hybridized carbons (Fsp3) is 0.0625. The average molecular weight is 234 g/mol. The van der Waals surface area contributed by atoms with Crippen LogP contribution in [0.1, 0.15) is 5.56 Å². The Morgan fingerprint density at radius 2 is 1.72 bits per heavy atom. The van der Waals surface area contributed by atoms with E-state index in [9.17, 15) is 0 Å². The minimum absolute atomic E-state index is 0.555.